The van der Waals surface area contributed by atoms with E-state index in [9.17, 15) is 9.18 Å². The van der Waals surface area contributed by atoms with E-state index in [-0.39, 0.29) is 10.7 Å². The summed E-state index contributed by atoms with van der Waals surface area (Å²) in [5.74, 6) is -0.739. The fraction of sp³-hybridized carbons (Fsp3) is 0. The number of hydrogen-bond acceptors (Lipinski definition) is 2. The Bertz CT molecular complexity index is 631. The van der Waals surface area contributed by atoms with Gasteiger partial charge in [0.15, 0.2) is 6.29 Å². The van der Waals surface area contributed by atoms with Gasteiger partial charge in [-0.1, -0.05) is 34.8 Å². The maximum Gasteiger partial charge on any atom is 0.213 e. The van der Waals surface area contributed by atoms with Gasteiger partial charge in [0.1, 0.15) is 5.69 Å². The number of carbonyl (C=O) groups excluding carboxylic acids is 1. The highest BCUT2D eigenvalue weighted by Crippen LogP contribution is 2.36. The van der Waals surface area contributed by atoms with Gasteiger partial charge in [0.2, 0.25) is 5.95 Å². The second kappa shape index (κ2) is 5.22. The highest BCUT2D eigenvalue weighted by atomic mass is 35.5. The molecule has 1 aromatic carbocycles. The molecule has 2 rings (SSSR count). The predicted molar refractivity (Wildman–Crippen MR) is 70.0 cm³/mol. The molecule has 18 heavy (non-hydrogen) atoms. The van der Waals surface area contributed by atoms with E-state index >= 15 is 0 Å². The maximum absolute atomic E-state index is 12.9. The van der Waals surface area contributed by atoms with Crippen molar-refractivity contribution in [3.8, 4) is 11.1 Å². The number of nitrogens with zero attached hydrogens (tertiary/aromatic N) is 1. The molecule has 1 heterocycles. The molecule has 0 bridgehead atoms. The number of halogens is 4. The van der Waals surface area contributed by atoms with Gasteiger partial charge in [-0.15, -0.1) is 0 Å². The standard InChI is InChI=1S/C12H5Cl3FNO/c13-8-4-10(15)9(14)3-7(8)6-1-2-12(16)17-11(6)5-18/h1-5H. The van der Waals surface area contributed by atoms with Crippen LogP contribution in [0.25, 0.3) is 11.1 Å². The molecule has 0 aliphatic heterocycles. The van der Waals surface area contributed by atoms with Crippen molar-refractivity contribution in [2.75, 3.05) is 0 Å². The molecule has 0 aliphatic rings. The van der Waals surface area contributed by atoms with Crippen molar-refractivity contribution >= 4 is 41.1 Å². The Morgan fingerprint density at radius 3 is 2.33 bits per heavy atom. The Morgan fingerprint density at radius 1 is 1.00 bits per heavy atom. The molecule has 0 aliphatic carbocycles. The minimum atomic E-state index is -0.739. The van der Waals surface area contributed by atoms with E-state index in [1.54, 1.807) is 0 Å². The molecule has 1 aromatic heterocycles. The summed E-state index contributed by atoms with van der Waals surface area (Å²) in [6.07, 6.45) is 0.456. The molecule has 2 nitrogen and oxygen atoms in total. The predicted octanol–water partition coefficient (Wildman–Crippen LogP) is 4.66. The zero-order valence-electron chi connectivity index (χ0n) is 8.75. The first-order chi connectivity index (χ1) is 8.52. The molecule has 0 fully saturated rings. The van der Waals surface area contributed by atoms with Crippen LogP contribution in [0.5, 0.6) is 0 Å². The largest absolute Gasteiger partial charge is 0.296 e. The van der Waals surface area contributed by atoms with Crippen molar-refractivity contribution in [2.45, 2.75) is 0 Å². The van der Waals surface area contributed by atoms with Crippen LogP contribution in [-0.2, 0) is 0 Å². The molecule has 6 heteroatoms. The van der Waals surface area contributed by atoms with Crippen LogP contribution >= 0.6 is 34.8 Å². The third-order valence-corrected chi connectivity index (χ3v) is 3.34. The highest BCUT2D eigenvalue weighted by Gasteiger charge is 2.13. The normalized spacial score (nSPS) is 10.4. The van der Waals surface area contributed by atoms with Crippen molar-refractivity contribution < 1.29 is 9.18 Å². The number of aromatic nitrogens is 1. The number of benzene rings is 1. The third kappa shape index (κ3) is 2.48. The van der Waals surface area contributed by atoms with Crippen molar-refractivity contribution in [1.82, 2.24) is 4.98 Å². The van der Waals surface area contributed by atoms with Crippen LogP contribution in [0, 0.1) is 5.95 Å². The van der Waals surface area contributed by atoms with Gasteiger partial charge in [0.25, 0.3) is 0 Å². The Hall–Kier alpha value is -1.16. The smallest absolute Gasteiger partial charge is 0.213 e. The van der Waals surface area contributed by atoms with Gasteiger partial charge < -0.3 is 0 Å². The monoisotopic (exact) mass is 303 g/mol. The summed E-state index contributed by atoms with van der Waals surface area (Å²) in [4.78, 5) is 14.4. The second-order valence-electron chi connectivity index (χ2n) is 3.43. The lowest BCUT2D eigenvalue weighted by atomic mass is 10.0. The summed E-state index contributed by atoms with van der Waals surface area (Å²) in [6.45, 7) is 0. The summed E-state index contributed by atoms with van der Waals surface area (Å²) >= 11 is 17.7. The Kier molecular flexibility index (Phi) is 3.85. The molecule has 2 aromatic rings. The van der Waals surface area contributed by atoms with Crippen LogP contribution in [0.1, 0.15) is 10.5 Å². The van der Waals surface area contributed by atoms with Crippen LogP contribution in [0.15, 0.2) is 24.3 Å². The highest BCUT2D eigenvalue weighted by molar-refractivity contribution is 6.44. The lowest BCUT2D eigenvalue weighted by molar-refractivity contribution is 0.111. The van der Waals surface area contributed by atoms with Crippen LogP contribution in [0.4, 0.5) is 4.39 Å². The molecule has 0 atom stereocenters. The first-order valence-corrected chi connectivity index (χ1v) is 5.93. The van der Waals surface area contributed by atoms with Gasteiger partial charge in [-0.25, -0.2) is 4.98 Å². The van der Waals surface area contributed by atoms with Crippen molar-refractivity contribution in [2.24, 2.45) is 0 Å². The number of rotatable bonds is 2. The van der Waals surface area contributed by atoms with Crippen LogP contribution in [-0.4, -0.2) is 11.3 Å². The quantitative estimate of drug-likeness (QED) is 0.459. The molecule has 0 spiro atoms. The lowest BCUT2D eigenvalue weighted by Crippen LogP contribution is -1.95. The molecule has 0 radical (unpaired) electrons. The number of hydrogen-bond donors (Lipinski definition) is 0. The second-order valence-corrected chi connectivity index (χ2v) is 4.65. The average molecular weight is 305 g/mol. The van der Waals surface area contributed by atoms with Crippen LogP contribution < -0.4 is 0 Å². The van der Waals surface area contributed by atoms with Gasteiger partial charge >= 0.3 is 0 Å². The van der Waals surface area contributed by atoms with E-state index in [4.69, 9.17) is 34.8 Å². The van der Waals surface area contributed by atoms with Gasteiger partial charge in [0, 0.05) is 11.1 Å². The molecule has 92 valence electrons. The van der Waals surface area contributed by atoms with Gasteiger partial charge in [-0.2, -0.15) is 4.39 Å². The molecule has 0 saturated carbocycles. The van der Waals surface area contributed by atoms with Gasteiger partial charge in [-0.3, -0.25) is 4.79 Å². The fourth-order valence-electron chi connectivity index (χ4n) is 1.50. The van der Waals surface area contributed by atoms with E-state index in [2.05, 4.69) is 4.98 Å². The average Bonchev–Trinajstić information content (AvgIpc) is 2.34. The number of carbonyl (C=O) groups is 1. The van der Waals surface area contributed by atoms with E-state index in [0.29, 0.717) is 27.5 Å². The van der Waals surface area contributed by atoms with E-state index < -0.39 is 5.95 Å². The maximum atomic E-state index is 12.9. The molecule has 0 N–H and O–H groups in total. The van der Waals surface area contributed by atoms with Crippen LogP contribution in [0.2, 0.25) is 15.1 Å². The minimum Gasteiger partial charge on any atom is -0.296 e. The third-order valence-electron chi connectivity index (χ3n) is 2.30. The molecular formula is C12H5Cl3FNO. The van der Waals surface area contributed by atoms with E-state index in [1.807, 2.05) is 0 Å². The lowest BCUT2D eigenvalue weighted by Gasteiger charge is -2.08. The first kappa shape index (κ1) is 13.3. The molecule has 0 saturated heterocycles. The topological polar surface area (TPSA) is 30.0 Å². The zero-order chi connectivity index (χ0) is 13.3. The summed E-state index contributed by atoms with van der Waals surface area (Å²) in [5, 5.41) is 0.895. The summed E-state index contributed by atoms with van der Waals surface area (Å²) in [7, 11) is 0. The summed E-state index contributed by atoms with van der Waals surface area (Å²) in [6, 6.07) is 5.52. The first-order valence-electron chi connectivity index (χ1n) is 4.79. The summed E-state index contributed by atoms with van der Waals surface area (Å²) < 4.78 is 12.9. The van der Waals surface area contributed by atoms with Crippen molar-refractivity contribution in [1.29, 1.82) is 0 Å². The zero-order valence-corrected chi connectivity index (χ0v) is 11.0. The Balaban J connectivity index is 2.69. The fourth-order valence-corrected chi connectivity index (χ4v) is 2.15. The molecule has 0 amide bonds. The van der Waals surface area contributed by atoms with Gasteiger partial charge in [-0.05, 0) is 24.3 Å². The van der Waals surface area contributed by atoms with Crippen molar-refractivity contribution in [3.05, 3.63) is 51.0 Å². The summed E-state index contributed by atoms with van der Waals surface area (Å²) in [5.41, 5.74) is 0.825. The van der Waals surface area contributed by atoms with E-state index in [1.165, 1.54) is 18.2 Å². The van der Waals surface area contributed by atoms with Crippen molar-refractivity contribution in [3.63, 3.8) is 0 Å². The van der Waals surface area contributed by atoms with Gasteiger partial charge in [0.05, 0.1) is 15.1 Å². The molecular weight excluding hydrogens is 299 g/mol. The number of aldehydes is 1. The molecule has 0 unspecified atom stereocenters. The van der Waals surface area contributed by atoms with E-state index in [0.717, 1.165) is 6.07 Å². The van der Waals surface area contributed by atoms with Crippen LogP contribution in [0.3, 0.4) is 0 Å². The Morgan fingerprint density at radius 2 is 1.67 bits per heavy atom. The minimum absolute atomic E-state index is 0.0460. The SMILES string of the molecule is O=Cc1nc(F)ccc1-c1cc(Cl)c(Cl)cc1Cl. The Labute approximate surface area is 117 Å². The number of pyridine rings is 1.